The Morgan fingerprint density at radius 3 is 2.80 bits per heavy atom. The van der Waals surface area contributed by atoms with Crippen LogP contribution in [-0.2, 0) is 4.74 Å². The molecule has 0 spiro atoms. The van der Waals surface area contributed by atoms with Gasteiger partial charge in [0.2, 0.25) is 0 Å². The van der Waals surface area contributed by atoms with Crippen LogP contribution in [0.2, 0.25) is 0 Å². The summed E-state index contributed by atoms with van der Waals surface area (Å²) in [5.41, 5.74) is 0.974. The van der Waals surface area contributed by atoms with Crippen molar-refractivity contribution < 1.29 is 4.74 Å². The van der Waals surface area contributed by atoms with Crippen molar-refractivity contribution in [1.82, 2.24) is 0 Å². The summed E-state index contributed by atoms with van der Waals surface area (Å²) >= 11 is 5.50. The van der Waals surface area contributed by atoms with Gasteiger partial charge in [-0.3, -0.25) is 0 Å². The van der Waals surface area contributed by atoms with E-state index in [4.69, 9.17) is 16.3 Å². The summed E-state index contributed by atoms with van der Waals surface area (Å²) in [6, 6.07) is 0. The molecule has 2 heteroatoms. The van der Waals surface area contributed by atoms with Crippen molar-refractivity contribution in [2.45, 2.75) is 12.8 Å². The summed E-state index contributed by atoms with van der Waals surface area (Å²) in [5.74, 6) is 1.35. The van der Waals surface area contributed by atoms with Gasteiger partial charge in [0.1, 0.15) is 0 Å². The zero-order valence-electron chi connectivity index (χ0n) is 6.11. The minimum Gasteiger partial charge on any atom is -0.377 e. The molecule has 1 rings (SSSR count). The predicted octanol–water partition coefficient (Wildman–Crippen LogP) is 2.21. The number of hydrogen-bond donors (Lipinski definition) is 0. The molecule has 1 nitrogen and oxygen atoms in total. The summed E-state index contributed by atoms with van der Waals surface area (Å²) in [7, 11) is 0. The first kappa shape index (κ1) is 8.09. The molecule has 0 atom stereocenters. The van der Waals surface area contributed by atoms with Crippen LogP contribution in [0.15, 0.2) is 12.2 Å². The number of hydrogen-bond acceptors (Lipinski definition) is 1. The molecule has 0 aromatic heterocycles. The van der Waals surface area contributed by atoms with E-state index >= 15 is 0 Å². The fourth-order valence-corrected chi connectivity index (χ4v) is 0.770. The molecule has 0 aromatic carbocycles. The monoisotopic (exact) mass is 160 g/mol. The highest BCUT2D eigenvalue weighted by atomic mass is 35.5. The molecule has 58 valence electrons. The normalized spacial score (nSPS) is 17.3. The Labute approximate surface area is 67.0 Å². The van der Waals surface area contributed by atoms with Crippen LogP contribution >= 0.6 is 11.6 Å². The summed E-state index contributed by atoms with van der Waals surface area (Å²) in [5, 5.41) is 0. The third-order valence-corrected chi connectivity index (χ3v) is 1.92. The van der Waals surface area contributed by atoms with E-state index in [-0.39, 0.29) is 0 Å². The van der Waals surface area contributed by atoms with Gasteiger partial charge in [0.15, 0.2) is 0 Å². The van der Waals surface area contributed by atoms with Gasteiger partial charge < -0.3 is 4.74 Å². The van der Waals surface area contributed by atoms with Crippen LogP contribution in [0.1, 0.15) is 12.8 Å². The average molecular weight is 161 g/mol. The van der Waals surface area contributed by atoms with E-state index < -0.39 is 0 Å². The molecule has 0 radical (unpaired) electrons. The summed E-state index contributed by atoms with van der Waals surface area (Å²) in [4.78, 5) is 0. The van der Waals surface area contributed by atoms with Gasteiger partial charge in [-0.05, 0) is 24.3 Å². The van der Waals surface area contributed by atoms with E-state index in [9.17, 15) is 0 Å². The molecule has 0 N–H and O–H groups in total. The van der Waals surface area contributed by atoms with Gasteiger partial charge in [0.25, 0.3) is 0 Å². The Hall–Kier alpha value is -0.0100. The third-order valence-electron chi connectivity index (χ3n) is 1.55. The van der Waals surface area contributed by atoms with Crippen LogP contribution in [0.5, 0.6) is 0 Å². The fraction of sp³-hybridized carbons (Fsp3) is 0.750. The van der Waals surface area contributed by atoms with Gasteiger partial charge >= 0.3 is 0 Å². The number of halogens is 1. The molecule has 0 unspecified atom stereocenters. The maximum atomic E-state index is 5.50. The third kappa shape index (κ3) is 3.23. The molecule has 1 saturated carbocycles. The summed E-state index contributed by atoms with van der Waals surface area (Å²) < 4.78 is 5.33. The second kappa shape index (κ2) is 3.99. The Morgan fingerprint density at radius 1 is 1.60 bits per heavy atom. The largest absolute Gasteiger partial charge is 0.377 e. The van der Waals surface area contributed by atoms with Crippen LogP contribution in [-0.4, -0.2) is 19.1 Å². The molecule has 0 aromatic rings. The zero-order valence-corrected chi connectivity index (χ0v) is 6.86. The Bertz CT molecular complexity index is 118. The van der Waals surface area contributed by atoms with E-state index in [0.717, 1.165) is 18.1 Å². The number of ether oxygens (including phenoxy) is 1. The van der Waals surface area contributed by atoms with E-state index in [2.05, 4.69) is 6.58 Å². The van der Waals surface area contributed by atoms with Gasteiger partial charge in [0.05, 0.1) is 6.61 Å². The van der Waals surface area contributed by atoms with Crippen molar-refractivity contribution >= 4 is 11.6 Å². The van der Waals surface area contributed by atoms with Crippen molar-refractivity contribution in [3.05, 3.63) is 12.2 Å². The molecule has 1 fully saturated rings. The standard InChI is InChI=1S/C8H13ClO/c1-7(4-9)5-10-6-8-2-3-8/h8H,1-6H2. The molecular formula is C8H13ClO. The zero-order chi connectivity index (χ0) is 7.40. The quantitative estimate of drug-likeness (QED) is 0.443. The fourth-order valence-electron chi connectivity index (χ4n) is 0.693. The van der Waals surface area contributed by atoms with Crippen molar-refractivity contribution in [2.75, 3.05) is 19.1 Å². The van der Waals surface area contributed by atoms with E-state index in [0.29, 0.717) is 12.5 Å². The van der Waals surface area contributed by atoms with Crippen molar-refractivity contribution in [3.63, 3.8) is 0 Å². The molecule has 10 heavy (non-hydrogen) atoms. The molecule has 1 aliphatic rings. The summed E-state index contributed by atoms with van der Waals surface area (Å²) in [6.07, 6.45) is 2.68. The van der Waals surface area contributed by atoms with Crippen LogP contribution in [0.4, 0.5) is 0 Å². The molecule has 1 aliphatic carbocycles. The average Bonchev–Trinajstić information content (AvgIpc) is 2.71. The maximum absolute atomic E-state index is 5.50. The lowest BCUT2D eigenvalue weighted by Gasteiger charge is -2.01. The van der Waals surface area contributed by atoms with Crippen molar-refractivity contribution in [1.29, 1.82) is 0 Å². The first-order chi connectivity index (χ1) is 4.83. The predicted molar refractivity (Wildman–Crippen MR) is 43.4 cm³/mol. The highest BCUT2D eigenvalue weighted by molar-refractivity contribution is 6.19. The Balaban J connectivity index is 1.88. The molecular weight excluding hydrogens is 148 g/mol. The van der Waals surface area contributed by atoms with Crippen molar-refractivity contribution in [3.8, 4) is 0 Å². The highest BCUT2D eigenvalue weighted by Crippen LogP contribution is 2.28. The Kier molecular flexibility index (Phi) is 3.23. The molecule has 0 aliphatic heterocycles. The molecule has 0 amide bonds. The van der Waals surface area contributed by atoms with Gasteiger partial charge in [-0.1, -0.05) is 6.58 Å². The second-order valence-electron chi connectivity index (χ2n) is 2.84. The first-order valence-electron chi connectivity index (χ1n) is 3.63. The van der Waals surface area contributed by atoms with Gasteiger partial charge in [-0.15, -0.1) is 11.6 Å². The SMILES string of the molecule is C=C(CCl)COCC1CC1. The van der Waals surface area contributed by atoms with E-state index in [1.54, 1.807) is 0 Å². The van der Waals surface area contributed by atoms with E-state index in [1.807, 2.05) is 0 Å². The number of rotatable bonds is 5. The number of alkyl halides is 1. The van der Waals surface area contributed by atoms with Gasteiger partial charge in [-0.2, -0.15) is 0 Å². The first-order valence-corrected chi connectivity index (χ1v) is 4.16. The van der Waals surface area contributed by atoms with Crippen molar-refractivity contribution in [2.24, 2.45) is 5.92 Å². The van der Waals surface area contributed by atoms with Gasteiger partial charge in [-0.25, -0.2) is 0 Å². The highest BCUT2D eigenvalue weighted by Gasteiger charge is 2.20. The lowest BCUT2D eigenvalue weighted by Crippen LogP contribution is -2.01. The second-order valence-corrected chi connectivity index (χ2v) is 3.11. The molecule has 0 heterocycles. The lowest BCUT2D eigenvalue weighted by molar-refractivity contribution is 0.146. The minimum absolute atomic E-state index is 0.519. The van der Waals surface area contributed by atoms with Gasteiger partial charge in [0, 0.05) is 12.5 Å². The Morgan fingerprint density at radius 2 is 2.30 bits per heavy atom. The summed E-state index contributed by atoms with van der Waals surface area (Å²) in [6.45, 7) is 5.27. The van der Waals surface area contributed by atoms with Crippen LogP contribution in [0.3, 0.4) is 0 Å². The lowest BCUT2D eigenvalue weighted by atomic mass is 10.4. The molecule has 0 bridgehead atoms. The minimum atomic E-state index is 0.519. The van der Waals surface area contributed by atoms with E-state index in [1.165, 1.54) is 12.8 Å². The molecule has 0 saturated heterocycles. The van der Waals surface area contributed by atoms with Crippen LogP contribution in [0, 0.1) is 5.92 Å². The van der Waals surface area contributed by atoms with Crippen LogP contribution < -0.4 is 0 Å². The van der Waals surface area contributed by atoms with Crippen LogP contribution in [0.25, 0.3) is 0 Å². The topological polar surface area (TPSA) is 9.23 Å². The maximum Gasteiger partial charge on any atom is 0.0685 e. The smallest absolute Gasteiger partial charge is 0.0685 e.